The predicted octanol–water partition coefficient (Wildman–Crippen LogP) is 1.14. The summed E-state index contributed by atoms with van der Waals surface area (Å²) in [5.74, 6) is 0.00991. The van der Waals surface area contributed by atoms with E-state index >= 15 is 0 Å². The van der Waals surface area contributed by atoms with Crippen molar-refractivity contribution < 1.29 is 9.53 Å². The van der Waals surface area contributed by atoms with Crippen LogP contribution in [0.15, 0.2) is 24.3 Å². The Bertz CT molecular complexity index is 272. The van der Waals surface area contributed by atoms with Crippen molar-refractivity contribution >= 4 is 5.91 Å². The van der Waals surface area contributed by atoms with Gasteiger partial charge in [-0.3, -0.25) is 4.79 Å². The van der Waals surface area contributed by atoms with E-state index in [1.54, 1.807) is 7.11 Å². The van der Waals surface area contributed by atoms with E-state index in [4.69, 9.17) is 4.74 Å². The first-order valence-corrected chi connectivity index (χ1v) is 4.53. The van der Waals surface area contributed by atoms with Gasteiger partial charge >= 0.3 is 0 Å². The van der Waals surface area contributed by atoms with E-state index in [9.17, 15) is 4.79 Å². The first kappa shape index (κ1) is 10.7. The van der Waals surface area contributed by atoms with Crippen LogP contribution in [0.2, 0.25) is 0 Å². The molecule has 14 heavy (non-hydrogen) atoms. The molecular formula is C11H14NO2. The summed E-state index contributed by atoms with van der Waals surface area (Å²) >= 11 is 0. The second-order valence-corrected chi connectivity index (χ2v) is 2.93. The van der Waals surface area contributed by atoms with Crippen LogP contribution in [0.5, 0.6) is 0 Å². The zero-order chi connectivity index (χ0) is 10.2. The van der Waals surface area contributed by atoms with Crippen LogP contribution in [0.3, 0.4) is 0 Å². The highest BCUT2D eigenvalue weighted by molar-refractivity contribution is 5.75. The molecule has 0 aliphatic heterocycles. The van der Waals surface area contributed by atoms with Crippen molar-refractivity contribution in [1.29, 1.82) is 0 Å². The van der Waals surface area contributed by atoms with Gasteiger partial charge in [-0.05, 0) is 17.7 Å². The van der Waals surface area contributed by atoms with Gasteiger partial charge in [-0.15, -0.1) is 0 Å². The number of carbonyl (C=O) groups excluding carboxylic acids is 1. The number of benzene rings is 1. The van der Waals surface area contributed by atoms with Gasteiger partial charge in [0, 0.05) is 20.1 Å². The summed E-state index contributed by atoms with van der Waals surface area (Å²) in [6, 6.07) is 10.5. The van der Waals surface area contributed by atoms with E-state index in [1.807, 2.05) is 24.3 Å². The first-order valence-electron chi connectivity index (χ1n) is 4.53. The summed E-state index contributed by atoms with van der Waals surface area (Å²) in [6.07, 6.45) is 0.410. The average molecular weight is 192 g/mol. The molecule has 1 aromatic rings. The van der Waals surface area contributed by atoms with Crippen LogP contribution in [-0.4, -0.2) is 19.6 Å². The lowest BCUT2D eigenvalue weighted by molar-refractivity contribution is -0.122. The number of nitrogens with one attached hydrogen (secondary N) is 1. The van der Waals surface area contributed by atoms with Crippen LogP contribution < -0.4 is 5.32 Å². The number of hydrogen-bond acceptors (Lipinski definition) is 2. The Morgan fingerprint density at radius 2 is 2.50 bits per heavy atom. The molecule has 3 heteroatoms. The summed E-state index contributed by atoms with van der Waals surface area (Å²) in [5, 5.41) is 2.79. The van der Waals surface area contributed by atoms with Crippen molar-refractivity contribution in [3.8, 4) is 0 Å². The highest BCUT2D eigenvalue weighted by Gasteiger charge is 1.99. The number of rotatable bonds is 5. The van der Waals surface area contributed by atoms with E-state index in [1.165, 1.54) is 0 Å². The number of methoxy groups -OCH3 is 1. The van der Waals surface area contributed by atoms with Gasteiger partial charge in [0.2, 0.25) is 5.91 Å². The lowest BCUT2D eigenvalue weighted by Gasteiger charge is -2.04. The minimum atomic E-state index is 0.00991. The predicted molar refractivity (Wildman–Crippen MR) is 53.6 cm³/mol. The summed E-state index contributed by atoms with van der Waals surface area (Å²) in [7, 11) is 1.58. The third kappa shape index (κ3) is 4.05. The smallest absolute Gasteiger partial charge is 0.222 e. The topological polar surface area (TPSA) is 38.3 Å². The lowest BCUT2D eigenvalue weighted by atomic mass is 10.2. The van der Waals surface area contributed by atoms with Crippen LogP contribution in [0.4, 0.5) is 0 Å². The average Bonchev–Trinajstić information content (AvgIpc) is 2.25. The molecule has 0 saturated carbocycles. The van der Waals surface area contributed by atoms with Gasteiger partial charge in [0.1, 0.15) is 0 Å². The number of amides is 1. The number of ether oxygens (including phenoxy) is 1. The molecule has 0 aromatic heterocycles. The third-order valence-electron chi connectivity index (χ3n) is 1.79. The molecule has 0 saturated heterocycles. The molecule has 1 aromatic carbocycles. The SMILES string of the molecule is COCCC(=O)NCc1c[c]ccc1. The zero-order valence-corrected chi connectivity index (χ0v) is 8.25. The quantitative estimate of drug-likeness (QED) is 0.759. The normalized spacial score (nSPS) is 9.79. The highest BCUT2D eigenvalue weighted by atomic mass is 16.5. The van der Waals surface area contributed by atoms with Gasteiger partial charge in [-0.25, -0.2) is 0 Å². The standard InChI is InChI=1S/C11H14NO2/c1-14-8-7-11(13)12-9-10-5-3-2-4-6-10/h2-3,5-6H,7-9H2,1H3,(H,12,13). The third-order valence-corrected chi connectivity index (χ3v) is 1.79. The van der Waals surface area contributed by atoms with Gasteiger partial charge < -0.3 is 10.1 Å². The minimum Gasteiger partial charge on any atom is -0.384 e. The molecule has 3 nitrogen and oxygen atoms in total. The molecule has 0 bridgehead atoms. The van der Waals surface area contributed by atoms with E-state index < -0.39 is 0 Å². The molecular weight excluding hydrogens is 178 g/mol. The fraction of sp³-hybridized carbons (Fsp3) is 0.364. The van der Waals surface area contributed by atoms with Gasteiger partial charge in [-0.1, -0.05) is 18.2 Å². The Kier molecular flexibility index (Phi) is 4.72. The van der Waals surface area contributed by atoms with Gasteiger partial charge in [-0.2, -0.15) is 0 Å². The summed E-state index contributed by atoms with van der Waals surface area (Å²) in [4.78, 5) is 11.2. The van der Waals surface area contributed by atoms with E-state index in [0.29, 0.717) is 19.6 Å². The second-order valence-electron chi connectivity index (χ2n) is 2.93. The molecule has 0 fully saturated rings. The maximum atomic E-state index is 11.2. The molecule has 0 aliphatic carbocycles. The molecule has 0 atom stereocenters. The van der Waals surface area contributed by atoms with Crippen LogP contribution >= 0.6 is 0 Å². The van der Waals surface area contributed by atoms with E-state index in [2.05, 4.69) is 11.4 Å². The van der Waals surface area contributed by atoms with E-state index in [-0.39, 0.29) is 5.91 Å². The lowest BCUT2D eigenvalue weighted by Crippen LogP contribution is -2.23. The van der Waals surface area contributed by atoms with Crippen LogP contribution in [0, 0.1) is 6.07 Å². The molecule has 0 heterocycles. The summed E-state index contributed by atoms with van der Waals surface area (Å²) in [6.45, 7) is 1.02. The molecule has 1 amide bonds. The van der Waals surface area contributed by atoms with Gasteiger partial charge in [0.25, 0.3) is 0 Å². The molecule has 0 unspecified atom stereocenters. The molecule has 75 valence electrons. The first-order chi connectivity index (χ1) is 6.83. The Balaban J connectivity index is 2.24. The van der Waals surface area contributed by atoms with Crippen molar-refractivity contribution in [2.45, 2.75) is 13.0 Å². The molecule has 1 rings (SSSR count). The Labute approximate surface area is 84.1 Å². The molecule has 0 spiro atoms. The van der Waals surface area contributed by atoms with Crippen molar-refractivity contribution in [3.05, 3.63) is 35.9 Å². The fourth-order valence-corrected chi connectivity index (χ4v) is 1.02. The number of carbonyl (C=O) groups is 1. The van der Waals surface area contributed by atoms with Gasteiger partial charge in [0.15, 0.2) is 0 Å². The maximum Gasteiger partial charge on any atom is 0.222 e. The van der Waals surface area contributed by atoms with E-state index in [0.717, 1.165) is 5.56 Å². The Hall–Kier alpha value is -1.35. The highest BCUT2D eigenvalue weighted by Crippen LogP contribution is 1.96. The summed E-state index contributed by atoms with van der Waals surface area (Å²) in [5.41, 5.74) is 1.05. The zero-order valence-electron chi connectivity index (χ0n) is 8.25. The monoisotopic (exact) mass is 192 g/mol. The van der Waals surface area contributed by atoms with Crippen molar-refractivity contribution in [2.24, 2.45) is 0 Å². The minimum absolute atomic E-state index is 0.00991. The molecule has 1 radical (unpaired) electrons. The van der Waals surface area contributed by atoms with Gasteiger partial charge in [0.05, 0.1) is 6.61 Å². The van der Waals surface area contributed by atoms with Crippen LogP contribution in [0.1, 0.15) is 12.0 Å². The number of hydrogen-bond donors (Lipinski definition) is 1. The molecule has 0 aliphatic rings. The van der Waals surface area contributed by atoms with Crippen LogP contribution in [-0.2, 0) is 16.1 Å². The van der Waals surface area contributed by atoms with Crippen LogP contribution in [0.25, 0.3) is 0 Å². The Morgan fingerprint density at radius 3 is 3.14 bits per heavy atom. The van der Waals surface area contributed by atoms with Crippen molar-refractivity contribution in [1.82, 2.24) is 5.32 Å². The Morgan fingerprint density at radius 1 is 1.64 bits per heavy atom. The molecule has 1 N–H and O–H groups in total. The second kappa shape index (κ2) is 6.16. The van der Waals surface area contributed by atoms with Crippen molar-refractivity contribution in [3.63, 3.8) is 0 Å². The summed E-state index contributed by atoms with van der Waals surface area (Å²) < 4.78 is 4.80. The maximum absolute atomic E-state index is 11.2. The fourth-order valence-electron chi connectivity index (χ4n) is 1.02. The van der Waals surface area contributed by atoms with Crippen molar-refractivity contribution in [2.75, 3.05) is 13.7 Å². The largest absolute Gasteiger partial charge is 0.384 e.